The Kier molecular flexibility index (Phi) is 6.71. The van der Waals surface area contributed by atoms with Crippen LogP contribution in [0.25, 0.3) is 0 Å². The molecule has 3 heteroatoms. The lowest BCUT2D eigenvalue weighted by atomic mass is 10.1. The summed E-state index contributed by atoms with van der Waals surface area (Å²) in [5.41, 5.74) is 7.51. The highest BCUT2D eigenvalue weighted by Crippen LogP contribution is 2.40. The third-order valence-corrected chi connectivity index (χ3v) is 11.2. The highest BCUT2D eigenvalue weighted by molar-refractivity contribution is 9.10. The van der Waals surface area contributed by atoms with Gasteiger partial charge in [0.15, 0.2) is 0 Å². The summed E-state index contributed by atoms with van der Waals surface area (Å²) in [6.45, 7) is 14.0. The summed E-state index contributed by atoms with van der Waals surface area (Å²) in [4.78, 5) is 0. The van der Waals surface area contributed by atoms with Gasteiger partial charge in [-0.1, -0.05) is 63.4 Å². The van der Waals surface area contributed by atoms with Crippen LogP contribution in [0.4, 0.5) is 0 Å². The van der Waals surface area contributed by atoms with Gasteiger partial charge in [0, 0.05) is 10.0 Å². The minimum Gasteiger partial charge on any atom is -0.392 e. The normalized spacial score (nSPS) is 12.0. The van der Waals surface area contributed by atoms with Crippen molar-refractivity contribution >= 4 is 24.0 Å². The highest BCUT2D eigenvalue weighted by Gasteiger charge is 2.41. The molecular weight excluding hydrogens is 340 g/mol. The molecule has 0 atom stereocenters. The summed E-state index contributed by atoms with van der Waals surface area (Å²) < 4.78 is 0.976. The molecule has 0 radical (unpaired) electrons. The maximum atomic E-state index is 9.32. The molecule has 0 unspecified atom stereocenters. The molecule has 0 aliphatic rings. The molecule has 0 saturated heterocycles. The van der Waals surface area contributed by atoms with Gasteiger partial charge < -0.3 is 5.11 Å². The lowest BCUT2D eigenvalue weighted by Crippen LogP contribution is -2.43. The fraction of sp³-hybridized carbons (Fsp3) is 0.556. The molecule has 0 saturated carbocycles. The topological polar surface area (TPSA) is 20.2 Å². The fourth-order valence-electron chi connectivity index (χ4n) is 3.43. The lowest BCUT2D eigenvalue weighted by Gasteiger charge is -2.38. The fourth-order valence-corrected chi connectivity index (χ4v) is 9.19. The van der Waals surface area contributed by atoms with E-state index in [4.69, 9.17) is 0 Å². The molecule has 1 nitrogen and oxygen atoms in total. The van der Waals surface area contributed by atoms with Crippen molar-refractivity contribution < 1.29 is 5.11 Å². The molecular formula is C18H27BrOSi. The van der Waals surface area contributed by atoms with E-state index in [1.165, 1.54) is 0 Å². The maximum absolute atomic E-state index is 9.32. The van der Waals surface area contributed by atoms with Crippen LogP contribution in [0, 0.1) is 11.5 Å². The average molecular weight is 367 g/mol. The minimum absolute atomic E-state index is 0.0508. The molecule has 0 aliphatic heterocycles. The molecule has 0 spiro atoms. The third kappa shape index (κ3) is 4.22. The van der Waals surface area contributed by atoms with E-state index in [2.05, 4.69) is 68.9 Å². The second-order valence-electron chi connectivity index (χ2n) is 6.65. The summed E-state index contributed by atoms with van der Waals surface area (Å²) in [6, 6.07) is 5.95. The predicted octanol–water partition coefficient (Wildman–Crippen LogP) is 5.51. The number of halogens is 1. The van der Waals surface area contributed by atoms with Crippen LogP contribution in [0.5, 0.6) is 0 Å². The van der Waals surface area contributed by atoms with Gasteiger partial charge in [-0.3, -0.25) is 0 Å². The molecule has 0 bridgehead atoms. The maximum Gasteiger partial charge on any atom is 0.146 e. The molecule has 1 aromatic rings. The van der Waals surface area contributed by atoms with Crippen LogP contribution in [0.3, 0.4) is 0 Å². The summed E-state index contributed by atoms with van der Waals surface area (Å²) in [5.74, 6) is 3.42. The van der Waals surface area contributed by atoms with Crippen LogP contribution in [0.15, 0.2) is 22.7 Å². The van der Waals surface area contributed by atoms with Gasteiger partial charge >= 0.3 is 0 Å². The quantitative estimate of drug-likeness (QED) is 0.549. The zero-order valence-electron chi connectivity index (χ0n) is 14.0. The molecule has 0 aromatic heterocycles. The van der Waals surface area contributed by atoms with E-state index in [9.17, 15) is 5.11 Å². The van der Waals surface area contributed by atoms with Crippen LogP contribution in [0.2, 0.25) is 16.6 Å². The number of aliphatic hydroxyl groups is 1. The van der Waals surface area contributed by atoms with Gasteiger partial charge in [0.2, 0.25) is 0 Å². The van der Waals surface area contributed by atoms with E-state index < -0.39 is 8.07 Å². The van der Waals surface area contributed by atoms with Gasteiger partial charge in [-0.05, 0) is 40.4 Å². The number of benzene rings is 1. The Bertz CT molecular complexity index is 516. The lowest BCUT2D eigenvalue weighted by molar-refractivity contribution is 0.281. The first-order valence-corrected chi connectivity index (χ1v) is 10.7. The first kappa shape index (κ1) is 18.5. The molecule has 116 valence electrons. The van der Waals surface area contributed by atoms with Gasteiger partial charge in [0.1, 0.15) is 8.07 Å². The van der Waals surface area contributed by atoms with E-state index in [1.807, 2.05) is 18.2 Å². The Labute approximate surface area is 139 Å². The van der Waals surface area contributed by atoms with E-state index in [0.717, 1.165) is 15.6 Å². The highest BCUT2D eigenvalue weighted by atomic mass is 79.9. The Hall–Kier alpha value is -0.563. The van der Waals surface area contributed by atoms with Gasteiger partial charge in [0.05, 0.1) is 6.61 Å². The Morgan fingerprint density at radius 1 is 1.00 bits per heavy atom. The Balaban J connectivity index is 3.31. The van der Waals surface area contributed by atoms with Crippen molar-refractivity contribution in [3.8, 4) is 11.5 Å². The van der Waals surface area contributed by atoms with Crippen LogP contribution >= 0.6 is 15.9 Å². The monoisotopic (exact) mass is 366 g/mol. The second-order valence-corrected chi connectivity index (χ2v) is 13.1. The summed E-state index contributed by atoms with van der Waals surface area (Å²) in [7, 11) is -1.69. The molecule has 0 heterocycles. The predicted molar refractivity (Wildman–Crippen MR) is 98.0 cm³/mol. The van der Waals surface area contributed by atoms with E-state index in [0.29, 0.717) is 16.6 Å². The van der Waals surface area contributed by atoms with Crippen molar-refractivity contribution in [3.05, 3.63) is 33.8 Å². The van der Waals surface area contributed by atoms with Gasteiger partial charge in [-0.15, -0.1) is 5.54 Å². The van der Waals surface area contributed by atoms with Crippen LogP contribution in [-0.4, -0.2) is 13.2 Å². The number of hydrogen-bond acceptors (Lipinski definition) is 1. The number of aliphatic hydroxyl groups excluding tert-OH is 1. The van der Waals surface area contributed by atoms with Gasteiger partial charge in [-0.2, -0.15) is 0 Å². The zero-order valence-corrected chi connectivity index (χ0v) is 16.6. The van der Waals surface area contributed by atoms with Crippen molar-refractivity contribution in [1.29, 1.82) is 0 Å². The van der Waals surface area contributed by atoms with E-state index in [-0.39, 0.29) is 6.61 Å². The SMILES string of the molecule is CC(C)[Si](C#Cc1cc(Br)cc(CO)c1)(C(C)C)C(C)C. The molecule has 1 N–H and O–H groups in total. The molecule has 1 rings (SSSR count). The second kappa shape index (κ2) is 7.62. The largest absolute Gasteiger partial charge is 0.392 e. The zero-order chi connectivity index (χ0) is 16.2. The van der Waals surface area contributed by atoms with Crippen LogP contribution in [0.1, 0.15) is 52.7 Å². The summed E-state index contributed by atoms with van der Waals surface area (Å²) in [5, 5.41) is 9.32. The standard InChI is InChI=1S/C18H27BrOSi/c1-13(2)21(14(3)4,15(5)6)8-7-16-9-17(12-20)11-18(19)10-16/h9-11,13-15,20H,12H2,1-6H3. The molecule has 0 fully saturated rings. The van der Waals surface area contributed by atoms with Gasteiger partial charge in [-0.25, -0.2) is 0 Å². The van der Waals surface area contributed by atoms with Crippen molar-refractivity contribution in [3.63, 3.8) is 0 Å². The molecule has 1 aromatic carbocycles. The van der Waals surface area contributed by atoms with Crippen molar-refractivity contribution in [1.82, 2.24) is 0 Å². The smallest absolute Gasteiger partial charge is 0.146 e. The first-order chi connectivity index (χ1) is 9.73. The number of rotatable bonds is 4. The van der Waals surface area contributed by atoms with Gasteiger partial charge in [0.25, 0.3) is 0 Å². The number of hydrogen-bond donors (Lipinski definition) is 1. The summed E-state index contributed by atoms with van der Waals surface area (Å²) in [6.07, 6.45) is 0. The van der Waals surface area contributed by atoms with Crippen molar-refractivity contribution in [2.75, 3.05) is 0 Å². The van der Waals surface area contributed by atoms with E-state index in [1.54, 1.807) is 0 Å². The van der Waals surface area contributed by atoms with Crippen LogP contribution < -0.4 is 0 Å². The Morgan fingerprint density at radius 2 is 1.52 bits per heavy atom. The summed E-state index contributed by atoms with van der Waals surface area (Å²) >= 11 is 3.49. The van der Waals surface area contributed by atoms with Crippen LogP contribution in [-0.2, 0) is 6.61 Å². The van der Waals surface area contributed by atoms with Crippen molar-refractivity contribution in [2.24, 2.45) is 0 Å². The van der Waals surface area contributed by atoms with Crippen molar-refractivity contribution in [2.45, 2.75) is 64.8 Å². The first-order valence-electron chi connectivity index (χ1n) is 7.67. The molecule has 0 aliphatic carbocycles. The van der Waals surface area contributed by atoms with E-state index >= 15 is 0 Å². The average Bonchev–Trinajstić information content (AvgIpc) is 2.37. The third-order valence-electron chi connectivity index (χ3n) is 4.43. The minimum atomic E-state index is -1.69. The Morgan fingerprint density at radius 3 is 1.95 bits per heavy atom. The molecule has 21 heavy (non-hydrogen) atoms. The molecule has 0 amide bonds.